The predicted octanol–water partition coefficient (Wildman–Crippen LogP) is 5.96. The summed E-state index contributed by atoms with van der Waals surface area (Å²) in [5, 5.41) is 14.2. The molecule has 0 bridgehead atoms. The number of piperidine rings is 2. The van der Waals surface area contributed by atoms with E-state index in [-0.39, 0.29) is 34.6 Å². The maximum atomic E-state index is 14.1. The minimum atomic E-state index is -4.69. The van der Waals surface area contributed by atoms with Crippen LogP contribution in [0.15, 0.2) is 79.0 Å². The van der Waals surface area contributed by atoms with Crippen molar-refractivity contribution in [2.45, 2.75) is 50.5 Å². The van der Waals surface area contributed by atoms with Gasteiger partial charge in [-0.1, -0.05) is 30.3 Å². The molecule has 3 amide bonds. The molecule has 7 rings (SSSR count). The molecular formula is C42H48F3N9O4. The van der Waals surface area contributed by atoms with Gasteiger partial charge in [0.1, 0.15) is 17.6 Å². The van der Waals surface area contributed by atoms with E-state index >= 15 is 0 Å². The normalized spacial score (nSPS) is 18.4. The minimum absolute atomic E-state index is 0.160. The summed E-state index contributed by atoms with van der Waals surface area (Å²) in [5.74, 6) is -0.259. The van der Waals surface area contributed by atoms with Gasteiger partial charge in [-0.05, 0) is 55.2 Å². The van der Waals surface area contributed by atoms with Crippen LogP contribution in [0, 0.1) is 0 Å². The van der Waals surface area contributed by atoms with E-state index in [1.165, 1.54) is 19.2 Å². The molecular weight excluding hydrogens is 752 g/mol. The Hall–Kier alpha value is -5.87. The van der Waals surface area contributed by atoms with E-state index in [0.29, 0.717) is 30.3 Å². The van der Waals surface area contributed by atoms with Crippen molar-refractivity contribution in [1.82, 2.24) is 25.4 Å². The lowest BCUT2D eigenvalue weighted by Gasteiger charge is -2.43. The Bertz CT molecular complexity index is 2120. The molecule has 0 saturated carbocycles. The number of carbonyl (C=O) groups excluding carboxylic acids is 3. The van der Waals surface area contributed by atoms with Gasteiger partial charge in [0.25, 0.3) is 5.91 Å². The smallest absolute Gasteiger partial charge is 0.419 e. The van der Waals surface area contributed by atoms with Crippen LogP contribution in [0.4, 0.5) is 47.4 Å². The lowest BCUT2D eigenvalue weighted by Crippen LogP contribution is -2.53. The fraction of sp³-hybridized carbons (Fsp3) is 0.381. The maximum absolute atomic E-state index is 14.1. The monoisotopic (exact) mass is 799 g/mol. The maximum Gasteiger partial charge on any atom is 0.419 e. The zero-order valence-corrected chi connectivity index (χ0v) is 32.5. The molecule has 1 unspecified atom stereocenters. The van der Waals surface area contributed by atoms with Gasteiger partial charge in [-0.25, -0.2) is 4.98 Å². The van der Waals surface area contributed by atoms with Crippen LogP contribution in [0.1, 0.15) is 47.2 Å². The molecule has 4 heterocycles. The Morgan fingerprint density at radius 3 is 2.29 bits per heavy atom. The van der Waals surface area contributed by atoms with Gasteiger partial charge < -0.3 is 30.9 Å². The van der Waals surface area contributed by atoms with Crippen molar-refractivity contribution in [1.29, 1.82) is 0 Å². The number of imide groups is 1. The number of hydrogen-bond acceptors (Lipinski definition) is 11. The SMILES string of the molecule is CNC(=O)c1ccccc1Nc1cc(Nc2ccc(N3CCC(N4CCN(Cc5ccccc5NC5CCC(=O)NC5=O)CC4)CC3)cc2OC)ncc1C(F)(F)F. The summed E-state index contributed by atoms with van der Waals surface area (Å²) >= 11 is 0. The number of halogens is 3. The van der Waals surface area contributed by atoms with Crippen molar-refractivity contribution in [2.24, 2.45) is 0 Å². The molecule has 4 aromatic rings. The fourth-order valence-electron chi connectivity index (χ4n) is 7.88. The number of carbonyl (C=O) groups is 3. The van der Waals surface area contributed by atoms with Crippen molar-refractivity contribution >= 4 is 52.0 Å². The minimum Gasteiger partial charge on any atom is -0.494 e. The highest BCUT2D eigenvalue weighted by atomic mass is 19.4. The average Bonchev–Trinajstić information content (AvgIpc) is 3.22. The molecule has 0 aliphatic carbocycles. The van der Waals surface area contributed by atoms with Crippen LogP contribution in [0.3, 0.4) is 0 Å². The lowest BCUT2D eigenvalue weighted by molar-refractivity contribution is -0.137. The number of rotatable bonds is 12. The first-order chi connectivity index (χ1) is 28.0. The summed E-state index contributed by atoms with van der Waals surface area (Å²) in [4.78, 5) is 47.8. The number of hydrogen-bond donors (Lipinski definition) is 5. The Kier molecular flexibility index (Phi) is 12.3. The third-order valence-corrected chi connectivity index (χ3v) is 11.1. The second-order valence-corrected chi connectivity index (χ2v) is 14.7. The van der Waals surface area contributed by atoms with Gasteiger partial charge in [0.15, 0.2) is 0 Å². The standard InChI is InChI=1S/C42H48F3N9O4/c1-46-40(56)30-8-4-6-10-33(30)49-36-24-38(47-25-31(36)42(43,44)45)50-34-12-11-29(23-37(34)58-2)53-17-15-28(16-18-53)54-21-19-52(20-22-54)26-27-7-3-5-9-32(27)48-35-13-14-39(55)51-41(35)57/h3-12,23-25,28,35,48H,13-22,26H2,1-2H3,(H,46,56)(H2,47,49,50)(H,51,55,57). The second-order valence-electron chi connectivity index (χ2n) is 14.7. The number of para-hydroxylation sites is 2. The van der Waals surface area contributed by atoms with Crippen molar-refractivity contribution in [2.75, 3.05) is 74.3 Å². The zero-order chi connectivity index (χ0) is 40.8. The Morgan fingerprint density at radius 1 is 0.862 bits per heavy atom. The summed E-state index contributed by atoms with van der Waals surface area (Å²) < 4.78 is 47.9. The molecule has 58 heavy (non-hydrogen) atoms. The van der Waals surface area contributed by atoms with Gasteiger partial charge in [0.2, 0.25) is 11.8 Å². The average molecular weight is 800 g/mol. The number of anilines is 6. The Labute approximate surface area is 335 Å². The third kappa shape index (κ3) is 9.45. The van der Waals surface area contributed by atoms with Crippen LogP contribution in [0.5, 0.6) is 5.75 Å². The van der Waals surface area contributed by atoms with E-state index in [1.54, 1.807) is 25.3 Å². The number of alkyl halides is 3. The summed E-state index contributed by atoms with van der Waals surface area (Å²) in [5.41, 5.74) is 2.77. The molecule has 306 valence electrons. The van der Waals surface area contributed by atoms with Gasteiger partial charge in [-0.15, -0.1) is 0 Å². The van der Waals surface area contributed by atoms with E-state index in [4.69, 9.17) is 4.74 Å². The molecule has 3 aliphatic heterocycles. The van der Waals surface area contributed by atoms with E-state index in [2.05, 4.69) is 52.3 Å². The first-order valence-electron chi connectivity index (χ1n) is 19.5. The third-order valence-electron chi connectivity index (χ3n) is 11.1. The van der Waals surface area contributed by atoms with Crippen LogP contribution in [-0.2, 0) is 22.3 Å². The molecule has 0 spiro atoms. The van der Waals surface area contributed by atoms with E-state index in [1.807, 2.05) is 36.4 Å². The number of nitrogens with zero attached hydrogens (tertiary/aromatic N) is 4. The van der Waals surface area contributed by atoms with Gasteiger partial charge in [-0.3, -0.25) is 29.5 Å². The highest BCUT2D eigenvalue weighted by molar-refractivity contribution is 6.01. The van der Waals surface area contributed by atoms with E-state index < -0.39 is 23.7 Å². The van der Waals surface area contributed by atoms with Crippen molar-refractivity contribution in [3.05, 3.63) is 95.7 Å². The van der Waals surface area contributed by atoms with Crippen LogP contribution < -0.4 is 36.2 Å². The number of pyridine rings is 1. The molecule has 0 radical (unpaired) electrons. The highest BCUT2D eigenvalue weighted by Gasteiger charge is 2.35. The van der Waals surface area contributed by atoms with Crippen molar-refractivity contribution in [3.63, 3.8) is 0 Å². The van der Waals surface area contributed by atoms with Gasteiger partial charge in [0, 0.05) is 95.0 Å². The van der Waals surface area contributed by atoms with E-state index in [9.17, 15) is 27.6 Å². The Morgan fingerprint density at radius 2 is 1.59 bits per heavy atom. The molecule has 16 heteroatoms. The van der Waals surface area contributed by atoms with Crippen molar-refractivity contribution < 1.29 is 32.3 Å². The number of piperazine rings is 1. The van der Waals surface area contributed by atoms with Crippen LogP contribution in [-0.4, -0.2) is 98.0 Å². The topological polar surface area (TPSA) is 143 Å². The summed E-state index contributed by atoms with van der Waals surface area (Å²) in [6.07, 6.45) is -1.09. The number of ether oxygens (including phenoxy) is 1. The number of benzene rings is 3. The molecule has 3 saturated heterocycles. The highest BCUT2D eigenvalue weighted by Crippen LogP contribution is 2.39. The van der Waals surface area contributed by atoms with Gasteiger partial charge in [-0.2, -0.15) is 13.2 Å². The van der Waals surface area contributed by atoms with Gasteiger partial charge >= 0.3 is 6.18 Å². The largest absolute Gasteiger partial charge is 0.494 e. The summed E-state index contributed by atoms with van der Waals surface area (Å²) in [6.45, 7) is 6.33. The number of nitrogens with one attached hydrogen (secondary N) is 5. The first kappa shape index (κ1) is 40.3. The molecule has 3 aliphatic rings. The quantitative estimate of drug-likeness (QED) is 0.108. The second kappa shape index (κ2) is 17.7. The van der Waals surface area contributed by atoms with Gasteiger partial charge in [0.05, 0.1) is 35.3 Å². The van der Waals surface area contributed by atoms with E-state index in [0.717, 1.165) is 81.8 Å². The molecule has 1 aromatic heterocycles. The molecule has 3 fully saturated rings. The molecule has 1 atom stereocenters. The van der Waals surface area contributed by atoms with Crippen LogP contribution >= 0.6 is 0 Å². The summed E-state index contributed by atoms with van der Waals surface area (Å²) in [6, 6.07) is 21.4. The molecule has 13 nitrogen and oxygen atoms in total. The number of amides is 3. The predicted molar refractivity (Wildman–Crippen MR) is 217 cm³/mol. The Balaban J connectivity index is 0.940. The lowest BCUT2D eigenvalue weighted by atomic mass is 10.0. The molecule has 3 aromatic carbocycles. The van der Waals surface area contributed by atoms with Crippen molar-refractivity contribution in [3.8, 4) is 5.75 Å². The zero-order valence-electron chi connectivity index (χ0n) is 32.5. The van der Waals surface area contributed by atoms with Crippen LogP contribution in [0.25, 0.3) is 0 Å². The number of methoxy groups -OCH3 is 1. The summed E-state index contributed by atoms with van der Waals surface area (Å²) in [7, 11) is 3.00. The molecule has 5 N–H and O–H groups in total. The first-order valence-corrected chi connectivity index (χ1v) is 19.5. The number of aromatic nitrogens is 1. The fourth-order valence-corrected chi connectivity index (χ4v) is 7.88. The van der Waals surface area contributed by atoms with Crippen LogP contribution in [0.2, 0.25) is 0 Å².